The van der Waals surface area contributed by atoms with Gasteiger partial charge in [0.15, 0.2) is 5.78 Å². The molecule has 0 aliphatic carbocycles. The molecule has 2 heterocycles. The number of primary amides is 1. The van der Waals surface area contributed by atoms with Gasteiger partial charge in [0.05, 0.1) is 11.8 Å². The summed E-state index contributed by atoms with van der Waals surface area (Å²) in [6.45, 7) is 8.61. The summed E-state index contributed by atoms with van der Waals surface area (Å²) < 4.78 is 0. The van der Waals surface area contributed by atoms with Crippen LogP contribution in [-0.2, 0) is 44.8 Å². The summed E-state index contributed by atoms with van der Waals surface area (Å²) in [7, 11) is 0. The number of amides is 6. The van der Waals surface area contributed by atoms with Crippen molar-refractivity contribution < 1.29 is 43.5 Å². The molecular weight excluding hydrogens is 707 g/mol. The quantitative estimate of drug-likeness (QED) is 0.176. The lowest BCUT2D eigenvalue weighted by atomic mass is 9.88. The maximum Gasteiger partial charge on any atom is 0.303 e. The Labute approximate surface area is 312 Å². The van der Waals surface area contributed by atoms with Crippen molar-refractivity contribution in [1.29, 1.82) is 0 Å². The van der Waals surface area contributed by atoms with Crippen LogP contribution in [0.1, 0.15) is 65.9 Å². The fourth-order valence-corrected chi connectivity index (χ4v) is 6.81. The average molecular weight is 758 g/mol. The molecular formula is C36H51N7O9S. The molecule has 1 aromatic heterocycles. The van der Waals surface area contributed by atoms with Gasteiger partial charge < -0.3 is 42.4 Å². The number of aromatic nitrogens is 1. The fourth-order valence-electron chi connectivity index (χ4n) is 5.94. The van der Waals surface area contributed by atoms with Crippen LogP contribution in [0.3, 0.4) is 0 Å². The fraction of sp³-hybridized carbons (Fsp3) is 0.556. The van der Waals surface area contributed by atoms with Gasteiger partial charge in [0.25, 0.3) is 0 Å². The van der Waals surface area contributed by atoms with Crippen LogP contribution in [0, 0.1) is 17.8 Å². The lowest BCUT2D eigenvalue weighted by molar-refractivity contribution is -0.138. The number of H-pyrrole nitrogens is 1. The third-order valence-electron chi connectivity index (χ3n) is 8.85. The molecule has 2 aromatic rings. The Morgan fingerprint density at radius 2 is 1.57 bits per heavy atom. The molecule has 0 bridgehead atoms. The van der Waals surface area contributed by atoms with E-state index < -0.39 is 95.7 Å². The molecule has 6 amide bonds. The molecule has 0 spiro atoms. The van der Waals surface area contributed by atoms with Gasteiger partial charge in [-0.1, -0.05) is 45.9 Å². The van der Waals surface area contributed by atoms with E-state index in [1.807, 2.05) is 38.1 Å². The zero-order chi connectivity index (χ0) is 39.4. The number of carboxylic acid groups (broad SMARTS) is 1. The minimum Gasteiger partial charge on any atom is -0.481 e. The molecule has 6 atom stereocenters. The first-order valence-corrected chi connectivity index (χ1v) is 18.8. The Balaban J connectivity index is 2.07. The molecule has 17 heteroatoms. The molecule has 0 unspecified atom stereocenters. The van der Waals surface area contributed by atoms with Gasteiger partial charge in [-0.25, -0.2) is 0 Å². The molecule has 0 radical (unpaired) electrons. The smallest absolute Gasteiger partial charge is 0.303 e. The molecule has 9 N–H and O–H groups in total. The SMILES string of the molecule is CC(C)C[C@@H]1NC(=O)[C@@H](C(C)C)NC(=O)[C@H](C)NC(=O)CSC[C@@H](C(N)=O)NC(=O)[C@@H](CCC(=O)O)NC(=O)[C@@H](Cc2c[nH]c3ccccc23)CC1=O. The van der Waals surface area contributed by atoms with Crippen molar-refractivity contribution in [3.63, 3.8) is 0 Å². The summed E-state index contributed by atoms with van der Waals surface area (Å²) in [5.41, 5.74) is 7.05. The largest absolute Gasteiger partial charge is 0.481 e. The second-order valence-electron chi connectivity index (χ2n) is 14.1. The number of hydrogen-bond donors (Lipinski definition) is 8. The number of carbonyl (C=O) groups excluding carboxylic acids is 7. The average Bonchev–Trinajstić information content (AvgIpc) is 3.49. The number of benzene rings is 1. The number of ketones is 1. The van der Waals surface area contributed by atoms with Crippen molar-refractivity contribution in [1.82, 2.24) is 31.6 Å². The highest BCUT2D eigenvalue weighted by atomic mass is 32.2. The van der Waals surface area contributed by atoms with Gasteiger partial charge in [-0.15, -0.1) is 11.8 Å². The van der Waals surface area contributed by atoms with Crippen LogP contribution in [0.15, 0.2) is 30.5 Å². The minimum atomic E-state index is -1.43. The second-order valence-corrected chi connectivity index (χ2v) is 15.1. The Bertz CT molecular complexity index is 1680. The van der Waals surface area contributed by atoms with E-state index in [0.29, 0.717) is 5.56 Å². The first-order chi connectivity index (χ1) is 25.0. The highest BCUT2D eigenvalue weighted by Crippen LogP contribution is 2.24. The molecule has 3 rings (SSSR count). The van der Waals surface area contributed by atoms with Gasteiger partial charge in [0, 0.05) is 41.6 Å². The molecule has 1 aliphatic heterocycles. The number of fused-ring (bicyclic) bond motifs is 1. The number of aromatic amines is 1. The molecule has 53 heavy (non-hydrogen) atoms. The molecule has 0 saturated carbocycles. The monoisotopic (exact) mass is 757 g/mol. The Kier molecular flexibility index (Phi) is 15.9. The maximum absolute atomic E-state index is 14.1. The van der Waals surface area contributed by atoms with Gasteiger partial charge in [-0.2, -0.15) is 0 Å². The topological polar surface area (TPSA) is 259 Å². The van der Waals surface area contributed by atoms with Crippen LogP contribution < -0.4 is 32.3 Å². The number of carbonyl (C=O) groups is 8. The maximum atomic E-state index is 14.1. The standard InChI is InChI=1S/C36H51N7O9S/c1-18(2)12-26-28(44)14-21(13-22-15-38-24-9-7-6-8-23(22)24)34(50)40-25(10-11-30(46)47)35(51)42-27(32(37)48)16-53-17-29(45)39-20(5)33(49)43-31(19(3)4)36(52)41-26/h6-9,15,18-21,25-27,31,38H,10-14,16-17H2,1-5H3,(H2,37,48)(H,39,45)(H,40,50)(H,41,52)(H,42,51)(H,43,49)(H,46,47)/t20-,21-,25+,26-,27-,31+/m0/s1. The second kappa shape index (κ2) is 19.8. The minimum absolute atomic E-state index is 0.0430. The number of thioether (sulfide) groups is 1. The van der Waals surface area contributed by atoms with Crippen molar-refractivity contribution in [2.45, 2.75) is 96.9 Å². The van der Waals surface area contributed by atoms with E-state index in [2.05, 4.69) is 31.6 Å². The van der Waals surface area contributed by atoms with Crippen molar-refractivity contribution in [2.24, 2.45) is 23.5 Å². The van der Waals surface area contributed by atoms with Crippen LogP contribution in [0.5, 0.6) is 0 Å². The highest BCUT2D eigenvalue weighted by Gasteiger charge is 2.35. The molecule has 290 valence electrons. The molecule has 1 aliphatic rings. The van der Waals surface area contributed by atoms with Crippen LogP contribution >= 0.6 is 11.8 Å². The first-order valence-electron chi connectivity index (χ1n) is 17.6. The summed E-state index contributed by atoms with van der Waals surface area (Å²) >= 11 is 0.944. The van der Waals surface area contributed by atoms with Crippen LogP contribution in [0.4, 0.5) is 0 Å². The summed E-state index contributed by atoms with van der Waals surface area (Å²) in [6, 6.07) is 1.46. The number of nitrogens with one attached hydrogen (secondary N) is 6. The molecule has 1 saturated heterocycles. The number of Topliss-reactive ketones (excluding diaryl/α,β-unsaturated/α-hetero) is 1. The predicted molar refractivity (Wildman–Crippen MR) is 198 cm³/mol. The van der Waals surface area contributed by atoms with Crippen LogP contribution in [-0.4, -0.2) is 99.0 Å². The van der Waals surface area contributed by atoms with Crippen molar-refractivity contribution in [2.75, 3.05) is 11.5 Å². The van der Waals surface area contributed by atoms with E-state index in [9.17, 15) is 43.5 Å². The van der Waals surface area contributed by atoms with Crippen LogP contribution in [0.2, 0.25) is 0 Å². The molecule has 1 fully saturated rings. The molecule has 1 aromatic carbocycles. The van der Waals surface area contributed by atoms with E-state index in [4.69, 9.17) is 5.73 Å². The number of aliphatic carboxylic acids is 1. The lowest BCUT2D eigenvalue weighted by Gasteiger charge is -2.28. The van der Waals surface area contributed by atoms with Crippen LogP contribution in [0.25, 0.3) is 10.9 Å². The van der Waals surface area contributed by atoms with Crippen molar-refractivity contribution in [3.8, 4) is 0 Å². The van der Waals surface area contributed by atoms with E-state index in [-0.39, 0.29) is 43.1 Å². The van der Waals surface area contributed by atoms with E-state index in [0.717, 1.165) is 22.7 Å². The van der Waals surface area contributed by atoms with Crippen molar-refractivity contribution in [3.05, 3.63) is 36.0 Å². The van der Waals surface area contributed by atoms with Gasteiger partial charge >= 0.3 is 5.97 Å². The first kappa shape index (κ1) is 42.5. The normalized spacial score (nSPS) is 24.8. The predicted octanol–water partition coefficient (Wildman–Crippen LogP) is 0.529. The molecule has 16 nitrogen and oxygen atoms in total. The van der Waals surface area contributed by atoms with Gasteiger partial charge in [-0.05, 0) is 49.7 Å². The number of para-hydroxylation sites is 1. The summed E-state index contributed by atoms with van der Waals surface area (Å²) in [5.74, 6) is -8.00. The summed E-state index contributed by atoms with van der Waals surface area (Å²) in [5, 5.41) is 23.3. The Morgan fingerprint density at radius 3 is 2.21 bits per heavy atom. The Hall–Kier alpha value is -4.93. The van der Waals surface area contributed by atoms with Gasteiger partial charge in [-0.3, -0.25) is 38.4 Å². The third-order valence-corrected chi connectivity index (χ3v) is 9.88. The Morgan fingerprint density at radius 1 is 0.887 bits per heavy atom. The number of carboxylic acids is 1. The number of hydrogen-bond acceptors (Lipinski definition) is 9. The van der Waals surface area contributed by atoms with Gasteiger partial charge in [0.1, 0.15) is 24.2 Å². The zero-order valence-corrected chi connectivity index (χ0v) is 31.5. The summed E-state index contributed by atoms with van der Waals surface area (Å²) in [6.07, 6.45) is 0.761. The number of rotatable bonds is 9. The highest BCUT2D eigenvalue weighted by molar-refractivity contribution is 8.00. The van der Waals surface area contributed by atoms with E-state index in [1.165, 1.54) is 6.92 Å². The van der Waals surface area contributed by atoms with Gasteiger partial charge in [0.2, 0.25) is 35.4 Å². The van der Waals surface area contributed by atoms with Crippen molar-refractivity contribution >= 4 is 69.9 Å². The number of nitrogens with two attached hydrogens (primary N) is 1. The lowest BCUT2D eigenvalue weighted by Crippen LogP contribution is -2.57. The van der Waals surface area contributed by atoms with E-state index in [1.54, 1.807) is 20.0 Å². The summed E-state index contributed by atoms with van der Waals surface area (Å²) in [4.78, 5) is 108. The third kappa shape index (κ3) is 12.9. The van der Waals surface area contributed by atoms with E-state index >= 15 is 0 Å². The zero-order valence-electron chi connectivity index (χ0n) is 30.7.